The van der Waals surface area contributed by atoms with Gasteiger partial charge in [0.2, 0.25) is 0 Å². The first-order valence-corrected chi connectivity index (χ1v) is 5.55. The molecule has 94 valence electrons. The molecule has 0 radical (unpaired) electrons. The van der Waals surface area contributed by atoms with Crippen molar-refractivity contribution in [3.05, 3.63) is 35.4 Å². The predicted octanol–water partition coefficient (Wildman–Crippen LogP) is 1.61. The van der Waals surface area contributed by atoms with Crippen LogP contribution in [0.4, 0.5) is 0 Å². The summed E-state index contributed by atoms with van der Waals surface area (Å²) >= 11 is 0. The lowest BCUT2D eigenvalue weighted by Crippen LogP contribution is -2.19. The summed E-state index contributed by atoms with van der Waals surface area (Å²) in [5.41, 5.74) is 0.747. The van der Waals surface area contributed by atoms with Crippen molar-refractivity contribution < 1.29 is 14.3 Å². The van der Waals surface area contributed by atoms with Crippen molar-refractivity contribution in [2.24, 2.45) is 0 Å². The van der Waals surface area contributed by atoms with Crippen LogP contribution in [0.1, 0.15) is 34.1 Å². The van der Waals surface area contributed by atoms with E-state index in [1.54, 1.807) is 25.1 Å². The molecule has 1 atom stereocenters. The summed E-state index contributed by atoms with van der Waals surface area (Å²) in [5, 5.41) is 2.49. The van der Waals surface area contributed by atoms with Gasteiger partial charge in [-0.25, -0.2) is 4.79 Å². The number of amides is 1. The third-order valence-electron chi connectivity index (χ3n) is 2.30. The maximum atomic E-state index is 11.8. The summed E-state index contributed by atoms with van der Waals surface area (Å²) in [6.07, 6.45) is 5.15. The van der Waals surface area contributed by atoms with Crippen LogP contribution in [-0.4, -0.2) is 25.0 Å². The highest BCUT2D eigenvalue weighted by molar-refractivity contribution is 5.97. The van der Waals surface area contributed by atoms with Crippen molar-refractivity contribution in [1.82, 2.24) is 5.32 Å². The molecule has 4 heteroatoms. The number of carbonyl (C=O) groups is 2. The summed E-state index contributed by atoms with van der Waals surface area (Å²) < 4.78 is 5.13. The Morgan fingerprint density at radius 2 is 2.11 bits per heavy atom. The molecule has 1 rings (SSSR count). The summed E-state index contributed by atoms with van der Waals surface area (Å²) in [4.78, 5) is 23.2. The highest BCUT2D eigenvalue weighted by atomic mass is 16.5. The van der Waals surface area contributed by atoms with E-state index in [2.05, 4.69) is 11.2 Å². The minimum atomic E-state index is -0.483. The fourth-order valence-corrected chi connectivity index (χ4v) is 1.39. The monoisotopic (exact) mass is 245 g/mol. The van der Waals surface area contributed by atoms with Gasteiger partial charge in [-0.05, 0) is 25.1 Å². The normalized spacial score (nSPS) is 11.2. The number of hydrogen-bond donors (Lipinski definition) is 1. The molecule has 1 aromatic carbocycles. The Labute approximate surface area is 106 Å². The van der Waals surface area contributed by atoms with Gasteiger partial charge >= 0.3 is 5.97 Å². The third kappa shape index (κ3) is 3.63. The van der Waals surface area contributed by atoms with Gasteiger partial charge in [0, 0.05) is 19.0 Å². The highest BCUT2D eigenvalue weighted by Gasteiger charge is 2.13. The van der Waals surface area contributed by atoms with Crippen molar-refractivity contribution in [1.29, 1.82) is 0 Å². The third-order valence-corrected chi connectivity index (χ3v) is 2.30. The first kappa shape index (κ1) is 13.8. The second-order valence-corrected chi connectivity index (χ2v) is 3.78. The van der Waals surface area contributed by atoms with E-state index in [9.17, 15) is 9.59 Å². The van der Waals surface area contributed by atoms with Gasteiger partial charge in [-0.1, -0.05) is 6.07 Å². The molecule has 1 amide bonds. The van der Waals surface area contributed by atoms with Crippen molar-refractivity contribution in [2.75, 3.05) is 7.05 Å². The van der Waals surface area contributed by atoms with E-state index in [0.29, 0.717) is 17.5 Å². The Bertz CT molecular complexity index is 488. The number of carbonyl (C=O) groups excluding carboxylic acids is 2. The zero-order chi connectivity index (χ0) is 13.5. The highest BCUT2D eigenvalue weighted by Crippen LogP contribution is 2.09. The van der Waals surface area contributed by atoms with Crippen molar-refractivity contribution in [3.63, 3.8) is 0 Å². The van der Waals surface area contributed by atoms with E-state index < -0.39 is 5.97 Å². The van der Waals surface area contributed by atoms with Crippen molar-refractivity contribution in [3.8, 4) is 12.3 Å². The molecule has 0 bridgehead atoms. The number of nitrogens with one attached hydrogen (secondary N) is 1. The Morgan fingerprint density at radius 1 is 1.44 bits per heavy atom. The Morgan fingerprint density at radius 3 is 2.72 bits per heavy atom. The van der Waals surface area contributed by atoms with Crippen LogP contribution in [0, 0.1) is 12.3 Å². The lowest BCUT2D eigenvalue weighted by atomic mass is 10.1. The molecule has 18 heavy (non-hydrogen) atoms. The number of rotatable bonds is 4. The quantitative estimate of drug-likeness (QED) is 0.647. The van der Waals surface area contributed by atoms with E-state index in [1.807, 2.05) is 0 Å². The minimum Gasteiger partial charge on any atom is -0.458 e. The summed E-state index contributed by atoms with van der Waals surface area (Å²) in [7, 11) is 1.53. The van der Waals surface area contributed by atoms with Gasteiger partial charge in [0.05, 0.1) is 5.56 Å². The zero-order valence-electron chi connectivity index (χ0n) is 10.4. The summed E-state index contributed by atoms with van der Waals surface area (Å²) in [5.74, 6) is 1.69. The molecule has 0 saturated carbocycles. The van der Waals surface area contributed by atoms with E-state index in [1.165, 1.54) is 13.1 Å². The maximum Gasteiger partial charge on any atom is 0.338 e. The molecule has 4 nitrogen and oxygen atoms in total. The molecular formula is C14H15NO3. The fraction of sp³-hybridized carbons (Fsp3) is 0.286. The van der Waals surface area contributed by atoms with Gasteiger partial charge in [0.1, 0.15) is 6.10 Å². The van der Waals surface area contributed by atoms with Crippen LogP contribution in [0.5, 0.6) is 0 Å². The topological polar surface area (TPSA) is 55.4 Å². The summed E-state index contributed by atoms with van der Waals surface area (Å²) in [6, 6.07) is 6.34. The molecule has 0 fully saturated rings. The molecule has 0 aliphatic rings. The van der Waals surface area contributed by atoms with Gasteiger partial charge in [-0.15, -0.1) is 12.3 Å². The molecule has 1 N–H and O–H groups in total. The second-order valence-electron chi connectivity index (χ2n) is 3.78. The van der Waals surface area contributed by atoms with E-state index in [-0.39, 0.29) is 12.0 Å². The van der Waals surface area contributed by atoms with Crippen LogP contribution >= 0.6 is 0 Å². The Kier molecular flexibility index (Phi) is 4.94. The number of hydrogen-bond acceptors (Lipinski definition) is 3. The van der Waals surface area contributed by atoms with Gasteiger partial charge in [-0.2, -0.15) is 0 Å². The number of ether oxygens (including phenoxy) is 1. The van der Waals surface area contributed by atoms with Gasteiger partial charge in [0.15, 0.2) is 0 Å². The SMILES string of the molecule is C#CC[C@H](C)OC(=O)c1cccc(C(=O)NC)c1. The second kappa shape index (κ2) is 6.45. The molecule has 0 aliphatic carbocycles. The number of terminal acetylenes is 1. The standard InChI is InChI=1S/C14H15NO3/c1-4-6-10(2)18-14(17)12-8-5-7-11(9-12)13(16)15-3/h1,5,7-10H,6H2,2-3H3,(H,15,16)/t10-/m0/s1. The Balaban J connectivity index is 2.81. The van der Waals surface area contributed by atoms with Crippen molar-refractivity contribution >= 4 is 11.9 Å². The molecule has 0 aromatic heterocycles. The first-order valence-electron chi connectivity index (χ1n) is 5.55. The zero-order valence-corrected chi connectivity index (χ0v) is 10.4. The largest absolute Gasteiger partial charge is 0.458 e. The Hall–Kier alpha value is -2.28. The van der Waals surface area contributed by atoms with Crippen LogP contribution in [0.3, 0.4) is 0 Å². The molecule has 0 saturated heterocycles. The first-order chi connectivity index (χ1) is 8.58. The smallest absolute Gasteiger partial charge is 0.338 e. The molecular weight excluding hydrogens is 230 g/mol. The fourth-order valence-electron chi connectivity index (χ4n) is 1.39. The van der Waals surface area contributed by atoms with E-state index in [0.717, 1.165) is 0 Å². The van der Waals surface area contributed by atoms with E-state index in [4.69, 9.17) is 11.2 Å². The van der Waals surface area contributed by atoms with Gasteiger partial charge in [-0.3, -0.25) is 4.79 Å². The molecule has 0 spiro atoms. The minimum absolute atomic E-state index is 0.249. The van der Waals surface area contributed by atoms with Gasteiger partial charge in [0.25, 0.3) is 5.91 Å². The van der Waals surface area contributed by atoms with Crippen LogP contribution in [-0.2, 0) is 4.74 Å². The predicted molar refractivity (Wildman–Crippen MR) is 68.2 cm³/mol. The lowest BCUT2D eigenvalue weighted by molar-refractivity contribution is 0.0352. The van der Waals surface area contributed by atoms with Gasteiger partial charge < -0.3 is 10.1 Å². The van der Waals surface area contributed by atoms with Crippen LogP contribution in [0.25, 0.3) is 0 Å². The average molecular weight is 245 g/mol. The van der Waals surface area contributed by atoms with Crippen LogP contribution < -0.4 is 5.32 Å². The maximum absolute atomic E-state index is 11.8. The summed E-state index contributed by atoms with van der Waals surface area (Å²) in [6.45, 7) is 1.72. The number of esters is 1. The average Bonchev–Trinajstić information content (AvgIpc) is 2.38. The lowest BCUT2D eigenvalue weighted by Gasteiger charge is -2.10. The molecule has 0 unspecified atom stereocenters. The van der Waals surface area contributed by atoms with Crippen LogP contribution in [0.15, 0.2) is 24.3 Å². The number of benzene rings is 1. The van der Waals surface area contributed by atoms with E-state index >= 15 is 0 Å². The van der Waals surface area contributed by atoms with Crippen molar-refractivity contribution in [2.45, 2.75) is 19.4 Å². The van der Waals surface area contributed by atoms with Crippen LogP contribution in [0.2, 0.25) is 0 Å². The molecule has 0 aliphatic heterocycles. The molecule has 1 aromatic rings. The molecule has 0 heterocycles.